The lowest BCUT2D eigenvalue weighted by Crippen LogP contribution is -2.26. The van der Waals surface area contributed by atoms with E-state index in [1.54, 1.807) is 12.1 Å². The summed E-state index contributed by atoms with van der Waals surface area (Å²) in [6.45, 7) is 0. The molecule has 1 spiro atoms. The van der Waals surface area contributed by atoms with Crippen molar-refractivity contribution in [1.29, 1.82) is 0 Å². The molecule has 1 aliphatic carbocycles. The van der Waals surface area contributed by atoms with Crippen LogP contribution in [-0.4, -0.2) is 22.8 Å². The molecule has 1 saturated heterocycles. The number of carboxylic acid groups (broad SMARTS) is 1. The average Bonchev–Trinajstić information content (AvgIpc) is 3.08. The monoisotopic (exact) mass is 292 g/mol. The average molecular weight is 292 g/mol. The molecule has 0 radical (unpaired) electrons. The summed E-state index contributed by atoms with van der Waals surface area (Å²) in [5.74, 6) is -1.82. The van der Waals surface area contributed by atoms with E-state index in [0.717, 1.165) is 25.7 Å². The maximum absolute atomic E-state index is 13.0. The van der Waals surface area contributed by atoms with Crippen molar-refractivity contribution in [2.75, 3.05) is 0 Å². The summed E-state index contributed by atoms with van der Waals surface area (Å²) in [6, 6.07) is 5.77. The van der Waals surface area contributed by atoms with Gasteiger partial charge in [0.25, 0.3) is 0 Å². The molecule has 2 fully saturated rings. The highest BCUT2D eigenvalue weighted by atomic mass is 19.1. The van der Waals surface area contributed by atoms with Gasteiger partial charge in [-0.3, -0.25) is 4.79 Å². The highest BCUT2D eigenvalue weighted by molar-refractivity contribution is 5.76. The third-order valence-electron chi connectivity index (χ3n) is 4.92. The Balaban J connectivity index is 1.69. The molecule has 1 heterocycles. The Labute approximate surface area is 124 Å². The van der Waals surface area contributed by atoms with Crippen LogP contribution < -0.4 is 0 Å². The molecule has 1 aliphatic heterocycles. The van der Waals surface area contributed by atoms with Gasteiger partial charge in [-0.2, -0.15) is 0 Å². The number of rotatable bonds is 4. The fourth-order valence-electron chi connectivity index (χ4n) is 3.79. The standard InChI is InChI=1S/C17H21FO3/c18-13-5-3-12(4-6-13)15(16(19)20)11-14-7-10-17(21-14)8-1-2-9-17/h3-6,14-15H,1-2,7-11H2,(H,19,20). The van der Waals surface area contributed by atoms with E-state index in [1.807, 2.05) is 0 Å². The second-order valence-corrected chi connectivity index (χ2v) is 6.35. The van der Waals surface area contributed by atoms with Crippen LogP contribution in [0.2, 0.25) is 0 Å². The van der Waals surface area contributed by atoms with Gasteiger partial charge in [0, 0.05) is 0 Å². The van der Waals surface area contributed by atoms with Gasteiger partial charge in [-0.25, -0.2) is 4.39 Å². The van der Waals surface area contributed by atoms with E-state index in [-0.39, 0.29) is 17.5 Å². The number of hydrogen-bond acceptors (Lipinski definition) is 2. The van der Waals surface area contributed by atoms with Crippen LogP contribution >= 0.6 is 0 Å². The lowest BCUT2D eigenvalue weighted by Gasteiger charge is -2.25. The molecule has 0 aromatic heterocycles. The normalized spacial score (nSPS) is 25.3. The topological polar surface area (TPSA) is 46.5 Å². The summed E-state index contributed by atoms with van der Waals surface area (Å²) in [4.78, 5) is 11.5. The SMILES string of the molecule is O=C(O)C(CC1CCC2(CCCC2)O1)c1ccc(F)cc1. The number of halogens is 1. The zero-order valence-electron chi connectivity index (χ0n) is 12.1. The molecule has 1 aromatic carbocycles. The summed E-state index contributed by atoms with van der Waals surface area (Å²) in [5.41, 5.74) is 0.677. The highest BCUT2D eigenvalue weighted by Crippen LogP contribution is 2.45. The van der Waals surface area contributed by atoms with Crippen molar-refractivity contribution < 1.29 is 19.0 Å². The summed E-state index contributed by atoms with van der Waals surface area (Å²) >= 11 is 0. The zero-order valence-corrected chi connectivity index (χ0v) is 12.1. The van der Waals surface area contributed by atoms with Gasteiger partial charge >= 0.3 is 5.97 Å². The van der Waals surface area contributed by atoms with E-state index < -0.39 is 11.9 Å². The smallest absolute Gasteiger partial charge is 0.311 e. The molecule has 3 nitrogen and oxygen atoms in total. The van der Waals surface area contributed by atoms with Crippen LogP contribution in [0.1, 0.15) is 56.4 Å². The summed E-state index contributed by atoms with van der Waals surface area (Å²) < 4.78 is 19.2. The summed E-state index contributed by atoms with van der Waals surface area (Å²) in [7, 11) is 0. The van der Waals surface area contributed by atoms with Crippen LogP contribution in [0.5, 0.6) is 0 Å². The zero-order chi connectivity index (χ0) is 14.9. The lowest BCUT2D eigenvalue weighted by molar-refractivity contribution is -0.140. The van der Waals surface area contributed by atoms with Crippen molar-refractivity contribution in [2.24, 2.45) is 0 Å². The maximum Gasteiger partial charge on any atom is 0.311 e. The van der Waals surface area contributed by atoms with E-state index >= 15 is 0 Å². The number of ether oxygens (including phenoxy) is 1. The van der Waals surface area contributed by atoms with Crippen LogP contribution in [0.3, 0.4) is 0 Å². The molecule has 1 saturated carbocycles. The fourth-order valence-corrected chi connectivity index (χ4v) is 3.79. The Kier molecular flexibility index (Phi) is 3.98. The summed E-state index contributed by atoms with van der Waals surface area (Å²) in [6.07, 6.45) is 7.12. The van der Waals surface area contributed by atoms with Gasteiger partial charge in [0.05, 0.1) is 17.6 Å². The van der Waals surface area contributed by atoms with E-state index in [4.69, 9.17) is 4.74 Å². The maximum atomic E-state index is 13.0. The Hall–Kier alpha value is -1.42. The summed E-state index contributed by atoms with van der Waals surface area (Å²) in [5, 5.41) is 9.46. The fraction of sp³-hybridized carbons (Fsp3) is 0.588. The van der Waals surface area contributed by atoms with Crippen LogP contribution in [0.25, 0.3) is 0 Å². The van der Waals surface area contributed by atoms with Crippen LogP contribution in [0.4, 0.5) is 4.39 Å². The second kappa shape index (κ2) is 5.76. The Morgan fingerprint density at radius 3 is 2.57 bits per heavy atom. The molecule has 0 amide bonds. The molecular formula is C17H21FO3. The molecule has 21 heavy (non-hydrogen) atoms. The van der Waals surface area contributed by atoms with Gasteiger partial charge in [0.15, 0.2) is 0 Å². The van der Waals surface area contributed by atoms with E-state index in [2.05, 4.69) is 0 Å². The first kappa shape index (κ1) is 14.5. The van der Waals surface area contributed by atoms with Crippen LogP contribution in [0, 0.1) is 5.82 Å². The lowest BCUT2D eigenvalue weighted by atomic mass is 9.91. The van der Waals surface area contributed by atoms with E-state index in [9.17, 15) is 14.3 Å². The molecule has 1 N–H and O–H groups in total. The minimum absolute atomic E-state index is 0.00857. The second-order valence-electron chi connectivity index (χ2n) is 6.35. The molecule has 1 aromatic rings. The third kappa shape index (κ3) is 3.10. The van der Waals surface area contributed by atoms with E-state index in [1.165, 1.54) is 25.0 Å². The predicted molar refractivity (Wildman–Crippen MR) is 76.7 cm³/mol. The number of carboxylic acids is 1. The Bertz CT molecular complexity index is 505. The van der Waals surface area contributed by atoms with Crippen molar-refractivity contribution in [2.45, 2.75) is 62.6 Å². The molecule has 114 valence electrons. The van der Waals surface area contributed by atoms with Gasteiger partial charge in [0.1, 0.15) is 5.82 Å². The molecule has 2 aliphatic rings. The molecule has 2 unspecified atom stereocenters. The first-order chi connectivity index (χ1) is 10.1. The van der Waals surface area contributed by atoms with Gasteiger partial charge in [-0.15, -0.1) is 0 Å². The van der Waals surface area contributed by atoms with Crippen molar-refractivity contribution in [3.63, 3.8) is 0 Å². The van der Waals surface area contributed by atoms with Gasteiger partial charge < -0.3 is 9.84 Å². The van der Waals surface area contributed by atoms with Crippen molar-refractivity contribution in [3.8, 4) is 0 Å². The minimum Gasteiger partial charge on any atom is -0.481 e. The first-order valence-electron chi connectivity index (χ1n) is 7.74. The molecular weight excluding hydrogens is 271 g/mol. The van der Waals surface area contributed by atoms with E-state index in [0.29, 0.717) is 12.0 Å². The third-order valence-corrected chi connectivity index (χ3v) is 4.92. The van der Waals surface area contributed by atoms with Gasteiger partial charge in [-0.05, 0) is 49.8 Å². The first-order valence-corrected chi connectivity index (χ1v) is 7.74. The van der Waals surface area contributed by atoms with Crippen molar-refractivity contribution in [1.82, 2.24) is 0 Å². The van der Waals surface area contributed by atoms with Crippen LogP contribution in [0.15, 0.2) is 24.3 Å². The highest BCUT2D eigenvalue weighted by Gasteiger charge is 2.43. The van der Waals surface area contributed by atoms with Gasteiger partial charge in [-0.1, -0.05) is 25.0 Å². The number of carbonyl (C=O) groups is 1. The number of hydrogen-bond donors (Lipinski definition) is 1. The number of aliphatic carboxylic acids is 1. The molecule has 2 atom stereocenters. The molecule has 0 bridgehead atoms. The molecule has 4 heteroatoms. The van der Waals surface area contributed by atoms with Crippen molar-refractivity contribution in [3.05, 3.63) is 35.6 Å². The molecule has 3 rings (SSSR count). The van der Waals surface area contributed by atoms with Gasteiger partial charge in [0.2, 0.25) is 0 Å². The Morgan fingerprint density at radius 1 is 1.29 bits per heavy atom. The van der Waals surface area contributed by atoms with Crippen LogP contribution in [-0.2, 0) is 9.53 Å². The predicted octanol–water partition coefficient (Wildman–Crippen LogP) is 3.88. The minimum atomic E-state index is -0.863. The number of benzene rings is 1. The Morgan fingerprint density at radius 2 is 1.95 bits per heavy atom. The van der Waals surface area contributed by atoms with Crippen molar-refractivity contribution >= 4 is 5.97 Å². The quantitative estimate of drug-likeness (QED) is 0.916. The largest absolute Gasteiger partial charge is 0.481 e.